The zero-order chi connectivity index (χ0) is 14.5. The first-order valence-corrected chi connectivity index (χ1v) is 6.83. The minimum Gasteiger partial charge on any atom is -0.396 e. The number of para-hydroxylation sites is 1. The molecule has 5 nitrogen and oxygen atoms in total. The Hall–Kier alpha value is -1.85. The third-order valence-corrected chi connectivity index (χ3v) is 3.40. The largest absolute Gasteiger partial charge is 0.396 e. The number of benzene rings is 1. The molecule has 0 aliphatic carbocycles. The predicted octanol–water partition coefficient (Wildman–Crippen LogP) is 0.925. The standard InChI is InChI=1S/C15H21N3O2/c1-10(6-7-19)18-15(20)13(16)8-11-9-17-14-5-3-2-4-12(11)14/h2-5,9-10,13,17,19H,6-8,16H2,1H3,(H,18,20). The topological polar surface area (TPSA) is 91.1 Å². The summed E-state index contributed by atoms with van der Waals surface area (Å²) in [6.07, 6.45) is 2.92. The molecule has 0 aliphatic heterocycles. The van der Waals surface area contributed by atoms with Crippen LogP contribution in [0.25, 0.3) is 10.9 Å². The maximum atomic E-state index is 12.0. The number of rotatable bonds is 6. The Morgan fingerprint density at radius 3 is 2.95 bits per heavy atom. The van der Waals surface area contributed by atoms with E-state index in [0.29, 0.717) is 12.8 Å². The van der Waals surface area contributed by atoms with Gasteiger partial charge in [-0.3, -0.25) is 4.79 Å². The van der Waals surface area contributed by atoms with Crippen LogP contribution in [0.5, 0.6) is 0 Å². The van der Waals surface area contributed by atoms with Gasteiger partial charge in [-0.05, 0) is 31.4 Å². The van der Waals surface area contributed by atoms with Gasteiger partial charge in [0.1, 0.15) is 0 Å². The van der Waals surface area contributed by atoms with E-state index in [1.165, 1.54) is 0 Å². The number of nitrogens with two attached hydrogens (primary N) is 1. The van der Waals surface area contributed by atoms with Crippen LogP contribution in [0.1, 0.15) is 18.9 Å². The van der Waals surface area contributed by atoms with E-state index in [-0.39, 0.29) is 18.6 Å². The molecule has 2 unspecified atom stereocenters. The van der Waals surface area contributed by atoms with Gasteiger partial charge in [0, 0.05) is 29.7 Å². The molecule has 5 N–H and O–H groups in total. The van der Waals surface area contributed by atoms with Gasteiger partial charge in [-0.1, -0.05) is 18.2 Å². The highest BCUT2D eigenvalue weighted by molar-refractivity contribution is 5.86. The van der Waals surface area contributed by atoms with Gasteiger partial charge < -0.3 is 21.1 Å². The number of H-pyrrole nitrogens is 1. The molecule has 0 bridgehead atoms. The van der Waals surface area contributed by atoms with Gasteiger partial charge in [0.15, 0.2) is 0 Å². The van der Waals surface area contributed by atoms with E-state index in [1.807, 2.05) is 37.4 Å². The van der Waals surface area contributed by atoms with E-state index in [4.69, 9.17) is 10.8 Å². The maximum absolute atomic E-state index is 12.0. The molecule has 20 heavy (non-hydrogen) atoms. The molecule has 1 amide bonds. The number of aliphatic hydroxyl groups excluding tert-OH is 1. The summed E-state index contributed by atoms with van der Waals surface area (Å²) >= 11 is 0. The monoisotopic (exact) mass is 275 g/mol. The van der Waals surface area contributed by atoms with Crippen molar-refractivity contribution in [1.82, 2.24) is 10.3 Å². The lowest BCUT2D eigenvalue weighted by molar-refractivity contribution is -0.123. The second kappa shape index (κ2) is 6.54. The number of hydrogen-bond donors (Lipinski definition) is 4. The van der Waals surface area contributed by atoms with Gasteiger partial charge in [0.2, 0.25) is 5.91 Å². The molecule has 2 aromatic rings. The van der Waals surface area contributed by atoms with Gasteiger partial charge in [-0.25, -0.2) is 0 Å². The van der Waals surface area contributed by atoms with Crippen molar-refractivity contribution in [3.05, 3.63) is 36.0 Å². The number of hydrogen-bond acceptors (Lipinski definition) is 3. The molecule has 0 saturated heterocycles. The lowest BCUT2D eigenvalue weighted by Gasteiger charge is -2.16. The van der Waals surface area contributed by atoms with E-state index in [2.05, 4.69) is 10.3 Å². The van der Waals surface area contributed by atoms with Crippen molar-refractivity contribution in [3.8, 4) is 0 Å². The number of fused-ring (bicyclic) bond motifs is 1. The summed E-state index contributed by atoms with van der Waals surface area (Å²) in [5.74, 6) is -0.184. The lowest BCUT2D eigenvalue weighted by atomic mass is 10.0. The molecule has 1 aromatic carbocycles. The molecular formula is C15H21N3O2. The molecule has 0 saturated carbocycles. The number of aromatic amines is 1. The Kier molecular flexibility index (Phi) is 4.76. The highest BCUT2D eigenvalue weighted by atomic mass is 16.3. The lowest BCUT2D eigenvalue weighted by Crippen LogP contribution is -2.45. The number of nitrogens with one attached hydrogen (secondary N) is 2. The van der Waals surface area contributed by atoms with Crippen LogP contribution in [0, 0.1) is 0 Å². The molecule has 2 atom stereocenters. The number of carbonyl (C=O) groups is 1. The van der Waals surface area contributed by atoms with Crippen molar-refractivity contribution in [2.24, 2.45) is 5.73 Å². The molecule has 0 aliphatic rings. The fraction of sp³-hybridized carbons (Fsp3) is 0.400. The molecule has 1 aromatic heterocycles. The average Bonchev–Trinajstić information content (AvgIpc) is 2.82. The Labute approximate surface area is 118 Å². The van der Waals surface area contributed by atoms with Gasteiger partial charge in [-0.15, -0.1) is 0 Å². The minimum absolute atomic E-state index is 0.0547. The summed E-state index contributed by atoms with van der Waals surface area (Å²) < 4.78 is 0. The Balaban J connectivity index is 2.00. The van der Waals surface area contributed by atoms with Gasteiger partial charge >= 0.3 is 0 Å². The fourth-order valence-electron chi connectivity index (χ4n) is 2.25. The number of amides is 1. The molecule has 0 fully saturated rings. The first-order chi connectivity index (χ1) is 9.61. The summed E-state index contributed by atoms with van der Waals surface area (Å²) in [5.41, 5.74) is 8.04. The SMILES string of the molecule is CC(CCO)NC(=O)C(N)Cc1c[nH]c2ccccc12. The first-order valence-electron chi connectivity index (χ1n) is 6.83. The molecule has 0 spiro atoms. The van der Waals surface area contributed by atoms with Crippen LogP contribution in [0.4, 0.5) is 0 Å². The third kappa shape index (κ3) is 3.37. The number of aromatic nitrogens is 1. The normalized spacial score (nSPS) is 14.2. The molecular weight excluding hydrogens is 254 g/mol. The Morgan fingerprint density at radius 2 is 2.20 bits per heavy atom. The summed E-state index contributed by atoms with van der Waals surface area (Å²) in [6.45, 7) is 1.91. The zero-order valence-electron chi connectivity index (χ0n) is 11.6. The van der Waals surface area contributed by atoms with Crippen LogP contribution in [-0.2, 0) is 11.2 Å². The molecule has 5 heteroatoms. The van der Waals surface area contributed by atoms with Crippen molar-refractivity contribution in [2.45, 2.75) is 31.8 Å². The first kappa shape index (κ1) is 14.6. The minimum atomic E-state index is -0.588. The second-order valence-corrected chi connectivity index (χ2v) is 5.09. The maximum Gasteiger partial charge on any atom is 0.237 e. The van der Waals surface area contributed by atoms with E-state index in [0.717, 1.165) is 16.5 Å². The second-order valence-electron chi connectivity index (χ2n) is 5.09. The van der Waals surface area contributed by atoms with Gasteiger partial charge in [0.05, 0.1) is 6.04 Å². The van der Waals surface area contributed by atoms with Crippen LogP contribution in [0.2, 0.25) is 0 Å². The van der Waals surface area contributed by atoms with Gasteiger partial charge in [-0.2, -0.15) is 0 Å². The van der Waals surface area contributed by atoms with Crippen molar-refractivity contribution in [2.75, 3.05) is 6.61 Å². The zero-order valence-corrected chi connectivity index (χ0v) is 11.6. The fourth-order valence-corrected chi connectivity index (χ4v) is 2.25. The van der Waals surface area contributed by atoms with Crippen LogP contribution >= 0.6 is 0 Å². The summed E-state index contributed by atoms with van der Waals surface area (Å²) in [5, 5.41) is 12.7. The van der Waals surface area contributed by atoms with Crippen LogP contribution in [0.15, 0.2) is 30.5 Å². The summed E-state index contributed by atoms with van der Waals surface area (Å²) in [7, 11) is 0. The average molecular weight is 275 g/mol. The van der Waals surface area contributed by atoms with Crippen molar-refractivity contribution in [3.63, 3.8) is 0 Å². The Morgan fingerprint density at radius 1 is 1.45 bits per heavy atom. The molecule has 2 rings (SSSR count). The van der Waals surface area contributed by atoms with E-state index >= 15 is 0 Å². The number of aliphatic hydroxyl groups is 1. The van der Waals surface area contributed by atoms with E-state index in [9.17, 15) is 4.79 Å². The number of carbonyl (C=O) groups excluding carboxylic acids is 1. The van der Waals surface area contributed by atoms with Crippen LogP contribution < -0.4 is 11.1 Å². The molecule has 108 valence electrons. The van der Waals surface area contributed by atoms with Crippen LogP contribution in [-0.4, -0.2) is 34.7 Å². The van der Waals surface area contributed by atoms with Crippen molar-refractivity contribution in [1.29, 1.82) is 0 Å². The third-order valence-electron chi connectivity index (χ3n) is 3.40. The smallest absolute Gasteiger partial charge is 0.237 e. The van der Waals surface area contributed by atoms with Gasteiger partial charge in [0.25, 0.3) is 0 Å². The van der Waals surface area contributed by atoms with Crippen molar-refractivity contribution < 1.29 is 9.90 Å². The molecule has 0 radical (unpaired) electrons. The van der Waals surface area contributed by atoms with E-state index < -0.39 is 6.04 Å². The summed E-state index contributed by atoms with van der Waals surface area (Å²) in [4.78, 5) is 15.1. The van der Waals surface area contributed by atoms with E-state index in [1.54, 1.807) is 0 Å². The quantitative estimate of drug-likeness (QED) is 0.632. The van der Waals surface area contributed by atoms with Crippen molar-refractivity contribution >= 4 is 16.8 Å². The molecule has 1 heterocycles. The Bertz CT molecular complexity index is 579. The highest BCUT2D eigenvalue weighted by Crippen LogP contribution is 2.18. The highest BCUT2D eigenvalue weighted by Gasteiger charge is 2.17. The summed E-state index contributed by atoms with van der Waals surface area (Å²) in [6, 6.07) is 7.28. The predicted molar refractivity (Wildman–Crippen MR) is 79.3 cm³/mol. The van der Waals surface area contributed by atoms with Crippen LogP contribution in [0.3, 0.4) is 0 Å².